The van der Waals surface area contributed by atoms with Gasteiger partial charge in [0.25, 0.3) is 5.56 Å². The van der Waals surface area contributed by atoms with Gasteiger partial charge >= 0.3 is 5.69 Å². The van der Waals surface area contributed by atoms with Crippen LogP contribution in [0.15, 0.2) is 46.0 Å². The first-order chi connectivity index (χ1) is 16.2. The number of hydrogen-bond acceptors (Lipinski definition) is 4. The lowest BCUT2D eigenvalue weighted by atomic mass is 10.1. The van der Waals surface area contributed by atoms with Gasteiger partial charge in [0.15, 0.2) is 11.2 Å². The number of aryl methyl sites for hydroxylation is 3. The summed E-state index contributed by atoms with van der Waals surface area (Å²) in [5.74, 6) is 0.287. The molecule has 0 amide bonds. The average molecular weight is 482 g/mol. The van der Waals surface area contributed by atoms with E-state index in [-0.39, 0.29) is 23.0 Å². The van der Waals surface area contributed by atoms with Crippen molar-refractivity contribution in [1.29, 1.82) is 0 Å². The van der Waals surface area contributed by atoms with Crippen molar-refractivity contribution in [3.8, 4) is 0 Å². The molecule has 34 heavy (non-hydrogen) atoms. The summed E-state index contributed by atoms with van der Waals surface area (Å²) in [7, 11) is 1.58. The lowest BCUT2D eigenvalue weighted by Crippen LogP contribution is -2.41. The van der Waals surface area contributed by atoms with Crippen LogP contribution in [-0.4, -0.2) is 25.2 Å². The molecule has 5 rings (SSSR count). The molecule has 9 heteroatoms. The quantitative estimate of drug-likeness (QED) is 0.441. The fraction of sp³-hybridized carbons (Fsp3) is 0.320. The molecule has 0 N–H and O–H groups in total. The van der Waals surface area contributed by atoms with Gasteiger partial charge in [-0.1, -0.05) is 30.7 Å². The maximum absolute atomic E-state index is 14.4. The topological polar surface area (TPSA) is 65.1 Å². The van der Waals surface area contributed by atoms with Gasteiger partial charge in [0.2, 0.25) is 5.95 Å². The van der Waals surface area contributed by atoms with Crippen molar-refractivity contribution in [1.82, 2.24) is 18.7 Å². The van der Waals surface area contributed by atoms with Crippen LogP contribution in [0.25, 0.3) is 11.2 Å². The third kappa shape index (κ3) is 3.53. The Hall–Kier alpha value is -3.39. The Labute approximate surface area is 200 Å². The standard InChI is InChI=1S/C25H25ClFN5O2/c1-14-8-15(2)10-17(9-14)30-11-16(3)12-31-21-22(28-24(30)31)29(4)25(34)32(23(21)33)13-18-19(26)6-5-7-20(18)27/h5-10,16H,11-13H2,1-4H3/t16-/m0/s1. The van der Waals surface area contributed by atoms with Crippen molar-refractivity contribution < 1.29 is 4.39 Å². The average Bonchev–Trinajstić information content (AvgIpc) is 3.15. The van der Waals surface area contributed by atoms with E-state index in [2.05, 4.69) is 30.0 Å². The van der Waals surface area contributed by atoms with Gasteiger partial charge in [0, 0.05) is 36.4 Å². The minimum Gasteiger partial charge on any atom is -0.312 e. The van der Waals surface area contributed by atoms with Crippen LogP contribution in [-0.2, 0) is 20.1 Å². The fourth-order valence-electron chi connectivity index (χ4n) is 4.81. The molecule has 0 unspecified atom stereocenters. The first-order valence-corrected chi connectivity index (χ1v) is 11.5. The third-order valence-corrected chi connectivity index (χ3v) is 6.69. The van der Waals surface area contributed by atoms with Gasteiger partial charge in [-0.3, -0.25) is 13.9 Å². The molecule has 0 fully saturated rings. The van der Waals surface area contributed by atoms with Crippen molar-refractivity contribution in [2.75, 3.05) is 11.4 Å². The number of halogens is 2. The minimum atomic E-state index is -0.571. The molecular weight excluding hydrogens is 457 g/mol. The van der Waals surface area contributed by atoms with E-state index in [1.165, 1.54) is 22.8 Å². The Kier molecular flexibility index (Phi) is 5.36. The summed E-state index contributed by atoms with van der Waals surface area (Å²) >= 11 is 6.18. The van der Waals surface area contributed by atoms with Gasteiger partial charge in [0.05, 0.1) is 6.54 Å². The Morgan fingerprint density at radius 1 is 1.12 bits per heavy atom. The molecule has 176 valence electrons. The molecule has 1 aliphatic rings. The molecule has 0 bridgehead atoms. The van der Waals surface area contributed by atoms with Crippen LogP contribution in [0, 0.1) is 25.6 Å². The third-order valence-electron chi connectivity index (χ3n) is 6.34. The molecule has 3 heterocycles. The lowest BCUT2D eigenvalue weighted by Gasteiger charge is -2.33. The number of fused-ring (bicyclic) bond motifs is 3. The van der Waals surface area contributed by atoms with E-state index in [0.717, 1.165) is 27.9 Å². The monoisotopic (exact) mass is 481 g/mol. The number of hydrogen-bond donors (Lipinski definition) is 0. The van der Waals surface area contributed by atoms with Gasteiger partial charge in [-0.25, -0.2) is 9.18 Å². The number of imidazole rings is 1. The Bertz CT molecular complexity index is 1530. The van der Waals surface area contributed by atoms with E-state index in [0.29, 0.717) is 23.7 Å². The highest BCUT2D eigenvalue weighted by atomic mass is 35.5. The minimum absolute atomic E-state index is 0.103. The predicted molar refractivity (Wildman–Crippen MR) is 132 cm³/mol. The number of anilines is 2. The summed E-state index contributed by atoms with van der Waals surface area (Å²) in [6.07, 6.45) is 0. The molecule has 1 aliphatic heterocycles. The second-order valence-corrected chi connectivity index (χ2v) is 9.60. The maximum atomic E-state index is 14.4. The van der Waals surface area contributed by atoms with Gasteiger partial charge < -0.3 is 9.47 Å². The number of benzene rings is 2. The molecule has 7 nitrogen and oxygen atoms in total. The van der Waals surface area contributed by atoms with Crippen LogP contribution in [0.1, 0.15) is 23.6 Å². The highest BCUT2D eigenvalue weighted by Crippen LogP contribution is 2.33. The molecule has 2 aromatic heterocycles. The van der Waals surface area contributed by atoms with E-state index >= 15 is 0 Å². The number of rotatable bonds is 3. The fourth-order valence-corrected chi connectivity index (χ4v) is 5.03. The van der Waals surface area contributed by atoms with Crippen LogP contribution in [0.5, 0.6) is 0 Å². The summed E-state index contributed by atoms with van der Waals surface area (Å²) in [6.45, 7) is 7.26. The first-order valence-electron chi connectivity index (χ1n) is 11.1. The smallest absolute Gasteiger partial charge is 0.312 e. The lowest BCUT2D eigenvalue weighted by molar-refractivity contribution is 0.458. The predicted octanol–water partition coefficient (Wildman–Crippen LogP) is 4.14. The highest BCUT2D eigenvalue weighted by Gasteiger charge is 2.30. The summed E-state index contributed by atoms with van der Waals surface area (Å²) in [5.41, 5.74) is 2.91. The Morgan fingerprint density at radius 3 is 2.50 bits per heavy atom. The zero-order valence-corrected chi connectivity index (χ0v) is 20.2. The molecule has 1 atom stereocenters. The zero-order chi connectivity index (χ0) is 24.3. The normalized spacial score (nSPS) is 15.7. The van der Waals surface area contributed by atoms with Crippen LogP contribution < -0.4 is 16.1 Å². The number of aromatic nitrogens is 4. The summed E-state index contributed by atoms with van der Waals surface area (Å²) in [6, 6.07) is 10.6. The van der Waals surface area contributed by atoms with E-state index in [1.54, 1.807) is 7.05 Å². The second-order valence-electron chi connectivity index (χ2n) is 9.19. The second kappa shape index (κ2) is 8.13. The van der Waals surface area contributed by atoms with Crippen molar-refractivity contribution in [3.05, 3.63) is 84.8 Å². The Balaban J connectivity index is 1.75. The van der Waals surface area contributed by atoms with Gasteiger partial charge in [-0.05, 0) is 55.2 Å². The SMILES string of the molecule is Cc1cc(C)cc(N2C[C@H](C)Cn3c2nc2c3c(=O)n(Cc3c(F)cccc3Cl)c(=O)n2C)c1. The van der Waals surface area contributed by atoms with E-state index in [4.69, 9.17) is 16.6 Å². The van der Waals surface area contributed by atoms with Crippen LogP contribution >= 0.6 is 11.6 Å². The van der Waals surface area contributed by atoms with E-state index in [1.807, 2.05) is 18.4 Å². The molecule has 0 spiro atoms. The first kappa shape index (κ1) is 22.4. The van der Waals surface area contributed by atoms with Crippen LogP contribution in [0.2, 0.25) is 5.02 Å². The molecular formula is C25H25ClFN5O2. The summed E-state index contributed by atoms with van der Waals surface area (Å²) in [5, 5.41) is 0.166. The van der Waals surface area contributed by atoms with Crippen molar-refractivity contribution in [2.24, 2.45) is 13.0 Å². The molecule has 0 radical (unpaired) electrons. The van der Waals surface area contributed by atoms with Crippen molar-refractivity contribution >= 4 is 34.4 Å². The van der Waals surface area contributed by atoms with Gasteiger partial charge in [-0.15, -0.1) is 0 Å². The maximum Gasteiger partial charge on any atom is 0.332 e. The van der Waals surface area contributed by atoms with Crippen LogP contribution in [0.3, 0.4) is 0 Å². The number of nitrogens with zero attached hydrogens (tertiary/aromatic N) is 5. The van der Waals surface area contributed by atoms with E-state index < -0.39 is 17.1 Å². The van der Waals surface area contributed by atoms with Crippen LogP contribution in [0.4, 0.5) is 16.0 Å². The van der Waals surface area contributed by atoms with E-state index in [9.17, 15) is 14.0 Å². The largest absolute Gasteiger partial charge is 0.332 e. The summed E-state index contributed by atoms with van der Waals surface area (Å²) < 4.78 is 18.7. The molecule has 0 aliphatic carbocycles. The summed E-state index contributed by atoms with van der Waals surface area (Å²) in [4.78, 5) is 33.6. The molecule has 0 saturated carbocycles. The van der Waals surface area contributed by atoms with Gasteiger partial charge in [0.1, 0.15) is 5.82 Å². The molecule has 2 aromatic carbocycles. The molecule has 4 aromatic rings. The van der Waals surface area contributed by atoms with Crippen molar-refractivity contribution in [2.45, 2.75) is 33.9 Å². The highest BCUT2D eigenvalue weighted by molar-refractivity contribution is 6.31. The zero-order valence-electron chi connectivity index (χ0n) is 19.5. The molecule has 0 saturated heterocycles. The van der Waals surface area contributed by atoms with Gasteiger partial charge in [-0.2, -0.15) is 4.98 Å². The van der Waals surface area contributed by atoms with Crippen molar-refractivity contribution in [3.63, 3.8) is 0 Å². The Morgan fingerprint density at radius 2 is 1.82 bits per heavy atom.